The second kappa shape index (κ2) is 3.31. The van der Waals surface area contributed by atoms with Gasteiger partial charge < -0.3 is 10.7 Å². The number of aromatic amines is 1. The molecule has 78 valence electrons. The van der Waals surface area contributed by atoms with Crippen molar-refractivity contribution in [3.63, 3.8) is 0 Å². The van der Waals surface area contributed by atoms with Gasteiger partial charge in [-0.3, -0.25) is 0 Å². The SMILES string of the molecule is NCc1ccc2[nH]c(C3CCC3)nc2n1. The van der Waals surface area contributed by atoms with Crippen LogP contribution in [0.15, 0.2) is 12.1 Å². The lowest BCUT2D eigenvalue weighted by molar-refractivity contribution is 0.404. The first-order chi connectivity index (χ1) is 7.36. The number of pyridine rings is 1. The van der Waals surface area contributed by atoms with Crippen LogP contribution in [-0.4, -0.2) is 15.0 Å². The zero-order valence-corrected chi connectivity index (χ0v) is 8.53. The average Bonchev–Trinajstić information content (AvgIpc) is 2.56. The number of nitrogens with one attached hydrogen (secondary N) is 1. The van der Waals surface area contributed by atoms with E-state index in [9.17, 15) is 0 Å². The minimum Gasteiger partial charge on any atom is -0.340 e. The zero-order valence-electron chi connectivity index (χ0n) is 8.53. The van der Waals surface area contributed by atoms with Crippen molar-refractivity contribution in [1.82, 2.24) is 15.0 Å². The van der Waals surface area contributed by atoms with Gasteiger partial charge in [0.1, 0.15) is 5.82 Å². The van der Waals surface area contributed by atoms with Crippen LogP contribution in [0.2, 0.25) is 0 Å². The Hall–Kier alpha value is -1.42. The second-order valence-electron chi connectivity index (χ2n) is 4.13. The van der Waals surface area contributed by atoms with E-state index in [1.807, 2.05) is 12.1 Å². The van der Waals surface area contributed by atoms with Crippen molar-refractivity contribution in [3.8, 4) is 0 Å². The lowest BCUT2D eigenvalue weighted by atomic mass is 9.85. The van der Waals surface area contributed by atoms with Crippen molar-refractivity contribution in [2.24, 2.45) is 5.73 Å². The maximum Gasteiger partial charge on any atom is 0.177 e. The Balaban J connectivity index is 2.04. The Labute approximate surface area is 87.9 Å². The van der Waals surface area contributed by atoms with Crippen molar-refractivity contribution in [3.05, 3.63) is 23.7 Å². The van der Waals surface area contributed by atoms with Crippen LogP contribution < -0.4 is 5.73 Å². The van der Waals surface area contributed by atoms with E-state index in [1.165, 1.54) is 19.3 Å². The summed E-state index contributed by atoms with van der Waals surface area (Å²) >= 11 is 0. The molecule has 0 amide bonds. The fourth-order valence-electron chi connectivity index (χ4n) is 1.94. The van der Waals surface area contributed by atoms with Gasteiger partial charge in [-0.15, -0.1) is 0 Å². The highest BCUT2D eigenvalue weighted by atomic mass is 15.0. The zero-order chi connectivity index (χ0) is 10.3. The van der Waals surface area contributed by atoms with Crippen molar-refractivity contribution in [2.75, 3.05) is 0 Å². The molecule has 1 aliphatic carbocycles. The van der Waals surface area contributed by atoms with Crippen molar-refractivity contribution in [2.45, 2.75) is 31.7 Å². The van der Waals surface area contributed by atoms with Gasteiger partial charge in [0.2, 0.25) is 0 Å². The Morgan fingerprint density at radius 1 is 1.33 bits per heavy atom. The van der Waals surface area contributed by atoms with Crippen molar-refractivity contribution >= 4 is 11.2 Å². The Morgan fingerprint density at radius 3 is 2.87 bits per heavy atom. The van der Waals surface area contributed by atoms with Crippen molar-refractivity contribution < 1.29 is 0 Å². The summed E-state index contributed by atoms with van der Waals surface area (Å²) in [6, 6.07) is 3.96. The van der Waals surface area contributed by atoms with E-state index in [2.05, 4.69) is 15.0 Å². The van der Waals surface area contributed by atoms with Gasteiger partial charge in [-0.1, -0.05) is 6.42 Å². The van der Waals surface area contributed by atoms with Crippen LogP contribution >= 0.6 is 0 Å². The molecule has 2 aromatic heterocycles. The number of hydrogen-bond acceptors (Lipinski definition) is 3. The normalized spacial score (nSPS) is 16.9. The summed E-state index contributed by atoms with van der Waals surface area (Å²) in [6.45, 7) is 0.474. The summed E-state index contributed by atoms with van der Waals surface area (Å²) in [5, 5.41) is 0. The predicted octanol–water partition coefficient (Wildman–Crippen LogP) is 1.68. The van der Waals surface area contributed by atoms with Crippen LogP contribution in [0.25, 0.3) is 11.2 Å². The smallest absolute Gasteiger partial charge is 0.177 e. The highest BCUT2D eigenvalue weighted by Crippen LogP contribution is 2.35. The van der Waals surface area contributed by atoms with E-state index in [0.29, 0.717) is 12.5 Å². The fraction of sp³-hybridized carbons (Fsp3) is 0.455. The van der Waals surface area contributed by atoms with E-state index >= 15 is 0 Å². The third kappa shape index (κ3) is 1.41. The highest BCUT2D eigenvalue weighted by molar-refractivity contribution is 5.70. The molecule has 15 heavy (non-hydrogen) atoms. The molecule has 2 aromatic rings. The lowest BCUT2D eigenvalue weighted by Gasteiger charge is -2.22. The minimum atomic E-state index is 0.474. The lowest BCUT2D eigenvalue weighted by Crippen LogP contribution is -2.10. The maximum atomic E-state index is 5.54. The summed E-state index contributed by atoms with van der Waals surface area (Å²) < 4.78 is 0. The van der Waals surface area contributed by atoms with Crippen LogP contribution in [-0.2, 0) is 6.54 Å². The molecule has 0 unspecified atom stereocenters. The summed E-state index contributed by atoms with van der Waals surface area (Å²) in [5.41, 5.74) is 8.27. The fourth-order valence-corrected chi connectivity index (χ4v) is 1.94. The molecule has 0 aromatic carbocycles. The van der Waals surface area contributed by atoms with Gasteiger partial charge in [0.15, 0.2) is 5.65 Å². The van der Waals surface area contributed by atoms with Crippen LogP contribution in [0, 0.1) is 0 Å². The van der Waals surface area contributed by atoms with E-state index in [0.717, 1.165) is 22.7 Å². The van der Waals surface area contributed by atoms with Crippen molar-refractivity contribution in [1.29, 1.82) is 0 Å². The Bertz CT molecular complexity index is 484. The molecule has 3 rings (SSSR count). The summed E-state index contributed by atoms with van der Waals surface area (Å²) in [7, 11) is 0. The molecule has 1 fully saturated rings. The quantitative estimate of drug-likeness (QED) is 0.778. The first-order valence-corrected chi connectivity index (χ1v) is 5.42. The van der Waals surface area contributed by atoms with Crippen LogP contribution in [0.1, 0.15) is 36.7 Å². The molecule has 2 heterocycles. The molecule has 3 N–H and O–H groups in total. The Morgan fingerprint density at radius 2 is 2.20 bits per heavy atom. The molecule has 0 radical (unpaired) electrons. The molecular formula is C11H14N4. The molecule has 0 atom stereocenters. The van der Waals surface area contributed by atoms with Gasteiger partial charge in [-0.25, -0.2) is 9.97 Å². The highest BCUT2D eigenvalue weighted by Gasteiger charge is 2.22. The number of hydrogen-bond donors (Lipinski definition) is 2. The molecule has 4 heteroatoms. The summed E-state index contributed by atoms with van der Waals surface area (Å²) in [4.78, 5) is 12.2. The van der Waals surface area contributed by atoms with Gasteiger partial charge in [0.05, 0.1) is 11.2 Å². The third-order valence-electron chi connectivity index (χ3n) is 3.12. The number of imidazole rings is 1. The largest absolute Gasteiger partial charge is 0.340 e. The van der Waals surface area contributed by atoms with Gasteiger partial charge in [-0.05, 0) is 25.0 Å². The molecule has 0 saturated heterocycles. The molecule has 1 aliphatic rings. The van der Waals surface area contributed by atoms with Crippen LogP contribution in [0.5, 0.6) is 0 Å². The molecule has 0 spiro atoms. The monoisotopic (exact) mass is 202 g/mol. The second-order valence-corrected chi connectivity index (χ2v) is 4.13. The number of fused-ring (bicyclic) bond motifs is 1. The van der Waals surface area contributed by atoms with E-state index in [4.69, 9.17) is 5.73 Å². The number of nitrogens with zero attached hydrogens (tertiary/aromatic N) is 2. The van der Waals surface area contributed by atoms with E-state index in [-0.39, 0.29) is 0 Å². The third-order valence-corrected chi connectivity index (χ3v) is 3.12. The van der Waals surface area contributed by atoms with E-state index < -0.39 is 0 Å². The average molecular weight is 202 g/mol. The summed E-state index contributed by atoms with van der Waals surface area (Å²) in [6.07, 6.45) is 3.83. The first kappa shape index (κ1) is 8.85. The topological polar surface area (TPSA) is 67.6 Å². The van der Waals surface area contributed by atoms with E-state index in [1.54, 1.807) is 0 Å². The molecule has 0 bridgehead atoms. The number of aromatic nitrogens is 3. The Kier molecular flexibility index (Phi) is 1.95. The predicted molar refractivity (Wildman–Crippen MR) is 58.4 cm³/mol. The molecule has 0 aliphatic heterocycles. The standard InChI is InChI=1S/C11H14N4/c12-6-8-4-5-9-11(13-8)15-10(14-9)7-2-1-3-7/h4-5,7H,1-3,6,12H2,(H,13,14,15). The van der Waals surface area contributed by atoms with Gasteiger partial charge in [-0.2, -0.15) is 0 Å². The molecular weight excluding hydrogens is 188 g/mol. The van der Waals surface area contributed by atoms with Gasteiger partial charge >= 0.3 is 0 Å². The molecule has 1 saturated carbocycles. The maximum absolute atomic E-state index is 5.54. The minimum absolute atomic E-state index is 0.474. The van der Waals surface area contributed by atoms with Gasteiger partial charge in [0.25, 0.3) is 0 Å². The number of H-pyrrole nitrogens is 1. The van der Waals surface area contributed by atoms with Crippen LogP contribution in [0.3, 0.4) is 0 Å². The van der Waals surface area contributed by atoms with Gasteiger partial charge in [0, 0.05) is 12.5 Å². The summed E-state index contributed by atoms with van der Waals surface area (Å²) in [5.74, 6) is 1.72. The van der Waals surface area contributed by atoms with Crippen LogP contribution in [0.4, 0.5) is 0 Å². The first-order valence-electron chi connectivity index (χ1n) is 5.42. The number of rotatable bonds is 2. The number of nitrogens with two attached hydrogens (primary N) is 1. The molecule has 4 nitrogen and oxygen atoms in total.